The van der Waals surface area contributed by atoms with Gasteiger partial charge >= 0.3 is 5.97 Å². The van der Waals surface area contributed by atoms with E-state index in [2.05, 4.69) is 36.0 Å². The van der Waals surface area contributed by atoms with Gasteiger partial charge in [-0.25, -0.2) is 4.79 Å². The van der Waals surface area contributed by atoms with Crippen molar-refractivity contribution in [1.29, 1.82) is 0 Å². The molecule has 0 unspecified atom stereocenters. The number of hydrogen-bond acceptors (Lipinski definition) is 3. The second-order valence-electron chi connectivity index (χ2n) is 5.87. The Balaban J connectivity index is 1.95. The number of rotatable bonds is 5. The van der Waals surface area contributed by atoms with E-state index in [-0.39, 0.29) is 0 Å². The number of nitrogens with zero attached hydrogens (tertiary/aromatic N) is 2. The fourth-order valence-electron chi connectivity index (χ4n) is 2.82. The van der Waals surface area contributed by atoms with Gasteiger partial charge in [0.1, 0.15) is 0 Å². The molecule has 2 rings (SSSR count). The summed E-state index contributed by atoms with van der Waals surface area (Å²) in [6.45, 7) is 3.23. The maximum atomic E-state index is 10.6. The summed E-state index contributed by atoms with van der Waals surface area (Å²) in [6, 6.07) is 8.71. The predicted molar refractivity (Wildman–Crippen MR) is 85.1 cm³/mol. The first-order valence-corrected chi connectivity index (χ1v) is 7.43. The molecular formula is C17H24N2O2. The molecule has 0 atom stereocenters. The number of carboxylic acids is 1. The summed E-state index contributed by atoms with van der Waals surface area (Å²) >= 11 is 0. The number of hydrogen-bond donors (Lipinski definition) is 1. The van der Waals surface area contributed by atoms with Gasteiger partial charge < -0.3 is 10.0 Å². The summed E-state index contributed by atoms with van der Waals surface area (Å²) in [5, 5.41) is 8.68. The van der Waals surface area contributed by atoms with E-state index in [1.54, 1.807) is 6.08 Å². The Labute approximate surface area is 126 Å². The normalized spacial score (nSPS) is 17.7. The van der Waals surface area contributed by atoms with Crippen molar-refractivity contribution in [1.82, 2.24) is 9.80 Å². The lowest BCUT2D eigenvalue weighted by molar-refractivity contribution is -0.131. The molecule has 0 saturated carbocycles. The Morgan fingerprint density at radius 2 is 2.14 bits per heavy atom. The van der Waals surface area contributed by atoms with E-state index in [1.165, 1.54) is 24.5 Å². The van der Waals surface area contributed by atoms with Crippen molar-refractivity contribution in [2.75, 3.05) is 27.2 Å². The minimum Gasteiger partial charge on any atom is -0.478 e. The Kier molecular flexibility index (Phi) is 5.53. The van der Waals surface area contributed by atoms with Crippen LogP contribution in [0, 0.1) is 0 Å². The average Bonchev–Trinajstić information content (AvgIpc) is 2.46. The topological polar surface area (TPSA) is 43.8 Å². The minimum atomic E-state index is -0.913. The smallest absolute Gasteiger partial charge is 0.328 e. The first-order chi connectivity index (χ1) is 10.0. The standard InChI is InChI=1S/C17H24N2O2/c1-18-10-8-16(9-11-18)19(2)13-15-5-3-4-14(12-15)6-7-17(20)21/h3-7,12,16H,8-11,13H2,1-2H3,(H,20,21). The molecule has 114 valence electrons. The zero-order chi connectivity index (χ0) is 15.2. The molecular weight excluding hydrogens is 264 g/mol. The molecule has 1 aliphatic heterocycles. The zero-order valence-corrected chi connectivity index (χ0v) is 12.8. The molecule has 1 saturated heterocycles. The van der Waals surface area contributed by atoms with Crippen molar-refractivity contribution in [3.63, 3.8) is 0 Å². The molecule has 1 N–H and O–H groups in total. The molecule has 21 heavy (non-hydrogen) atoms. The summed E-state index contributed by atoms with van der Waals surface area (Å²) in [7, 11) is 4.35. The van der Waals surface area contributed by atoms with Gasteiger partial charge in [-0.15, -0.1) is 0 Å². The lowest BCUT2D eigenvalue weighted by atomic mass is 10.0. The third-order valence-corrected chi connectivity index (χ3v) is 4.11. The second kappa shape index (κ2) is 7.38. The summed E-state index contributed by atoms with van der Waals surface area (Å²) in [4.78, 5) is 15.4. The molecule has 1 aromatic rings. The molecule has 1 fully saturated rings. The SMILES string of the molecule is CN1CCC(N(C)Cc2cccc(C=CC(=O)O)c2)CC1. The number of carbonyl (C=O) groups is 1. The highest BCUT2D eigenvalue weighted by Gasteiger charge is 2.20. The third kappa shape index (κ3) is 4.99. The largest absolute Gasteiger partial charge is 0.478 e. The van der Waals surface area contributed by atoms with E-state index in [1.807, 2.05) is 12.1 Å². The third-order valence-electron chi connectivity index (χ3n) is 4.11. The van der Waals surface area contributed by atoms with Gasteiger partial charge in [0.15, 0.2) is 0 Å². The van der Waals surface area contributed by atoms with Crippen LogP contribution in [0.15, 0.2) is 30.3 Å². The van der Waals surface area contributed by atoms with E-state index in [0.717, 1.165) is 25.2 Å². The van der Waals surface area contributed by atoms with Gasteiger partial charge in [-0.05, 0) is 57.2 Å². The number of aliphatic carboxylic acids is 1. The molecule has 0 aromatic heterocycles. The van der Waals surface area contributed by atoms with E-state index in [4.69, 9.17) is 5.11 Å². The molecule has 4 heteroatoms. The van der Waals surface area contributed by atoms with Crippen LogP contribution in [0.25, 0.3) is 6.08 Å². The van der Waals surface area contributed by atoms with Crippen molar-refractivity contribution in [2.24, 2.45) is 0 Å². The second-order valence-corrected chi connectivity index (χ2v) is 5.87. The number of carboxylic acid groups (broad SMARTS) is 1. The van der Waals surface area contributed by atoms with Gasteiger partial charge in [-0.2, -0.15) is 0 Å². The van der Waals surface area contributed by atoms with E-state index in [9.17, 15) is 4.79 Å². The van der Waals surface area contributed by atoms with Crippen molar-refractivity contribution in [2.45, 2.75) is 25.4 Å². The molecule has 0 spiro atoms. The fraction of sp³-hybridized carbons (Fsp3) is 0.471. The maximum absolute atomic E-state index is 10.6. The predicted octanol–water partition coefficient (Wildman–Crippen LogP) is 2.31. The Bertz CT molecular complexity index is 505. The van der Waals surface area contributed by atoms with Crippen LogP contribution in [0.2, 0.25) is 0 Å². The highest BCUT2D eigenvalue weighted by atomic mass is 16.4. The van der Waals surface area contributed by atoms with E-state index >= 15 is 0 Å². The van der Waals surface area contributed by atoms with Crippen molar-refractivity contribution >= 4 is 12.0 Å². The molecule has 0 radical (unpaired) electrons. The summed E-state index contributed by atoms with van der Waals surface area (Å²) in [5.74, 6) is -0.913. The molecule has 4 nitrogen and oxygen atoms in total. The summed E-state index contributed by atoms with van der Waals surface area (Å²) in [6.07, 6.45) is 5.25. The van der Waals surface area contributed by atoms with Crippen molar-refractivity contribution in [3.8, 4) is 0 Å². The monoisotopic (exact) mass is 288 g/mol. The highest BCUT2D eigenvalue weighted by Crippen LogP contribution is 2.17. The van der Waals surface area contributed by atoms with Crippen LogP contribution in [-0.2, 0) is 11.3 Å². The van der Waals surface area contributed by atoms with Crippen LogP contribution in [0.4, 0.5) is 0 Å². The summed E-state index contributed by atoms with van der Waals surface area (Å²) < 4.78 is 0. The van der Waals surface area contributed by atoms with Crippen LogP contribution in [0.1, 0.15) is 24.0 Å². The molecule has 1 aliphatic rings. The quantitative estimate of drug-likeness (QED) is 0.845. The van der Waals surface area contributed by atoms with Crippen LogP contribution in [0.5, 0.6) is 0 Å². The van der Waals surface area contributed by atoms with Crippen molar-refractivity contribution in [3.05, 3.63) is 41.5 Å². The zero-order valence-electron chi connectivity index (χ0n) is 12.8. The van der Waals surface area contributed by atoms with Crippen molar-refractivity contribution < 1.29 is 9.90 Å². The molecule has 1 heterocycles. The van der Waals surface area contributed by atoms with Gasteiger partial charge in [0, 0.05) is 18.7 Å². The molecule has 0 aliphatic carbocycles. The van der Waals surface area contributed by atoms with Gasteiger partial charge in [-0.3, -0.25) is 4.90 Å². The van der Waals surface area contributed by atoms with E-state index < -0.39 is 5.97 Å². The molecule has 1 aromatic carbocycles. The van der Waals surface area contributed by atoms with Crippen LogP contribution in [0.3, 0.4) is 0 Å². The number of likely N-dealkylation sites (tertiary alicyclic amines) is 1. The van der Waals surface area contributed by atoms with Gasteiger partial charge in [0.25, 0.3) is 0 Å². The first kappa shape index (κ1) is 15.7. The van der Waals surface area contributed by atoms with Crippen LogP contribution in [-0.4, -0.2) is 54.1 Å². The van der Waals surface area contributed by atoms with Crippen LogP contribution < -0.4 is 0 Å². The Hall–Kier alpha value is -1.65. The Morgan fingerprint density at radius 1 is 1.43 bits per heavy atom. The van der Waals surface area contributed by atoms with Gasteiger partial charge in [0.2, 0.25) is 0 Å². The maximum Gasteiger partial charge on any atom is 0.328 e. The average molecular weight is 288 g/mol. The Morgan fingerprint density at radius 3 is 2.81 bits per heavy atom. The van der Waals surface area contributed by atoms with Crippen LogP contribution >= 0.6 is 0 Å². The minimum absolute atomic E-state index is 0.638. The van der Waals surface area contributed by atoms with E-state index in [0.29, 0.717) is 6.04 Å². The fourth-order valence-corrected chi connectivity index (χ4v) is 2.82. The molecule has 0 bridgehead atoms. The lowest BCUT2D eigenvalue weighted by Crippen LogP contribution is -2.41. The van der Waals surface area contributed by atoms with Gasteiger partial charge in [0.05, 0.1) is 0 Å². The van der Waals surface area contributed by atoms with Gasteiger partial charge in [-0.1, -0.05) is 24.3 Å². The first-order valence-electron chi connectivity index (χ1n) is 7.43. The summed E-state index contributed by atoms with van der Waals surface area (Å²) in [5.41, 5.74) is 2.16. The lowest BCUT2D eigenvalue weighted by Gasteiger charge is -2.35. The molecule has 0 amide bonds. The number of piperidine rings is 1. The highest BCUT2D eigenvalue weighted by molar-refractivity contribution is 5.85. The number of benzene rings is 1.